The van der Waals surface area contributed by atoms with E-state index in [2.05, 4.69) is 15.3 Å². The van der Waals surface area contributed by atoms with Gasteiger partial charge in [0.25, 0.3) is 0 Å². The van der Waals surface area contributed by atoms with Gasteiger partial charge >= 0.3 is 12.2 Å². The summed E-state index contributed by atoms with van der Waals surface area (Å²) in [5.74, 6) is -0.920. The minimum atomic E-state index is -4.57. The Morgan fingerprint density at radius 1 is 1.42 bits per heavy atom. The largest absolute Gasteiger partial charge is 0.433 e. The van der Waals surface area contributed by atoms with Crippen LogP contribution in [-0.4, -0.2) is 39.9 Å². The lowest BCUT2D eigenvalue weighted by Crippen LogP contribution is -2.47. The lowest BCUT2D eigenvalue weighted by Gasteiger charge is -2.30. The fourth-order valence-corrected chi connectivity index (χ4v) is 2.56. The van der Waals surface area contributed by atoms with Gasteiger partial charge in [-0.15, -0.1) is 0 Å². The van der Waals surface area contributed by atoms with Crippen LogP contribution in [0.5, 0.6) is 0 Å². The van der Waals surface area contributed by atoms with E-state index in [0.29, 0.717) is 19.4 Å². The van der Waals surface area contributed by atoms with Crippen molar-refractivity contribution in [1.29, 1.82) is 0 Å². The molecule has 10 heteroatoms. The highest BCUT2D eigenvalue weighted by molar-refractivity contribution is 5.80. The molecule has 3 amide bonds. The van der Waals surface area contributed by atoms with Crippen molar-refractivity contribution in [1.82, 2.24) is 20.2 Å². The van der Waals surface area contributed by atoms with E-state index in [4.69, 9.17) is 5.73 Å². The van der Waals surface area contributed by atoms with Gasteiger partial charge in [-0.3, -0.25) is 4.79 Å². The fraction of sp³-hybridized carbons (Fsp3) is 0.571. The van der Waals surface area contributed by atoms with Gasteiger partial charge in [0, 0.05) is 18.8 Å². The predicted molar refractivity (Wildman–Crippen MR) is 77.5 cm³/mol. The molecule has 1 aromatic heterocycles. The zero-order chi connectivity index (χ0) is 17.9. The van der Waals surface area contributed by atoms with Gasteiger partial charge in [-0.25, -0.2) is 14.8 Å². The minimum Gasteiger partial charge on any atom is -0.351 e. The number of halogens is 3. The molecule has 24 heavy (non-hydrogen) atoms. The van der Waals surface area contributed by atoms with Crippen molar-refractivity contribution in [2.75, 3.05) is 13.1 Å². The maximum absolute atomic E-state index is 12.7. The van der Waals surface area contributed by atoms with Crippen LogP contribution in [-0.2, 0) is 17.5 Å². The molecule has 0 spiro atoms. The van der Waals surface area contributed by atoms with E-state index in [1.54, 1.807) is 0 Å². The van der Waals surface area contributed by atoms with E-state index in [1.807, 2.05) is 0 Å². The van der Waals surface area contributed by atoms with Gasteiger partial charge in [0.1, 0.15) is 11.5 Å². The van der Waals surface area contributed by atoms with Gasteiger partial charge in [0.05, 0.1) is 12.5 Å². The maximum Gasteiger partial charge on any atom is 0.433 e. The topological polar surface area (TPSA) is 101 Å². The molecule has 2 rings (SSSR count). The molecular formula is C14H18F3N5O2. The lowest BCUT2D eigenvalue weighted by molar-refractivity contribution is -0.141. The minimum absolute atomic E-state index is 0.113. The van der Waals surface area contributed by atoms with Gasteiger partial charge in [-0.2, -0.15) is 13.2 Å². The zero-order valence-corrected chi connectivity index (χ0v) is 13.1. The van der Waals surface area contributed by atoms with Gasteiger partial charge in [0.15, 0.2) is 0 Å². The number of primary amides is 1. The highest BCUT2D eigenvalue weighted by atomic mass is 19.4. The number of rotatable bonds is 3. The van der Waals surface area contributed by atoms with E-state index in [1.165, 1.54) is 11.8 Å². The molecule has 132 valence electrons. The highest BCUT2D eigenvalue weighted by Crippen LogP contribution is 2.27. The summed E-state index contributed by atoms with van der Waals surface area (Å²) in [7, 11) is 0. The zero-order valence-electron chi connectivity index (χ0n) is 13.1. The number of nitrogens with zero attached hydrogens (tertiary/aromatic N) is 3. The molecule has 0 bridgehead atoms. The summed E-state index contributed by atoms with van der Waals surface area (Å²) in [6.45, 7) is 1.91. The normalized spacial score (nSPS) is 18.3. The van der Waals surface area contributed by atoms with Crippen molar-refractivity contribution < 1.29 is 22.8 Å². The summed E-state index contributed by atoms with van der Waals surface area (Å²) in [5, 5.41) is 2.52. The monoisotopic (exact) mass is 345 g/mol. The molecule has 1 atom stereocenters. The van der Waals surface area contributed by atoms with Crippen LogP contribution in [0.25, 0.3) is 0 Å². The molecule has 0 aromatic carbocycles. The number of nitrogens with one attached hydrogen (secondary N) is 1. The highest BCUT2D eigenvalue weighted by Gasteiger charge is 2.33. The number of alkyl halides is 3. The summed E-state index contributed by atoms with van der Waals surface area (Å²) in [5.41, 5.74) is 4.32. The van der Waals surface area contributed by atoms with Crippen molar-refractivity contribution in [2.45, 2.75) is 32.5 Å². The van der Waals surface area contributed by atoms with Crippen LogP contribution in [0.3, 0.4) is 0 Å². The standard InChI is InChI=1S/C14H18F3N5O2/c1-8-5-10(14(15,16)17)21-11(20-8)6-19-12(23)9-3-2-4-22(7-9)13(18)24/h5,9H,2-4,6-7H2,1H3,(H2,18,24)(H,19,23)/t9-/m0/s1. The average Bonchev–Trinajstić information content (AvgIpc) is 2.51. The predicted octanol–water partition coefficient (Wildman–Crippen LogP) is 1.21. The molecule has 0 unspecified atom stereocenters. The van der Waals surface area contributed by atoms with Crippen LogP contribution in [0.1, 0.15) is 30.1 Å². The Bertz CT molecular complexity index is 635. The van der Waals surface area contributed by atoms with Crippen LogP contribution in [0.15, 0.2) is 6.07 Å². The third-order valence-electron chi connectivity index (χ3n) is 3.72. The van der Waals surface area contributed by atoms with Crippen LogP contribution in [0, 0.1) is 12.8 Å². The molecule has 0 saturated carbocycles. The van der Waals surface area contributed by atoms with Crippen molar-refractivity contribution >= 4 is 11.9 Å². The molecule has 7 nitrogen and oxygen atoms in total. The molecule has 1 saturated heterocycles. The summed E-state index contributed by atoms with van der Waals surface area (Å²) in [6, 6.07) is 0.251. The van der Waals surface area contributed by atoms with Crippen molar-refractivity contribution in [3.63, 3.8) is 0 Å². The number of hydrogen-bond acceptors (Lipinski definition) is 4. The molecule has 0 radical (unpaired) electrons. The van der Waals surface area contributed by atoms with Crippen molar-refractivity contribution in [3.8, 4) is 0 Å². The van der Waals surface area contributed by atoms with Gasteiger partial charge in [-0.1, -0.05) is 0 Å². The summed E-state index contributed by atoms with van der Waals surface area (Å²) >= 11 is 0. The Morgan fingerprint density at radius 2 is 2.12 bits per heavy atom. The first-order valence-corrected chi connectivity index (χ1v) is 7.40. The Morgan fingerprint density at radius 3 is 2.75 bits per heavy atom. The number of aryl methyl sites for hydroxylation is 1. The van der Waals surface area contributed by atoms with Crippen LogP contribution >= 0.6 is 0 Å². The Kier molecular flexibility index (Phi) is 5.25. The van der Waals surface area contributed by atoms with Gasteiger partial charge in [-0.05, 0) is 25.8 Å². The number of urea groups is 1. The van der Waals surface area contributed by atoms with Crippen LogP contribution < -0.4 is 11.1 Å². The average molecular weight is 345 g/mol. The maximum atomic E-state index is 12.7. The molecule has 1 aromatic rings. The van der Waals surface area contributed by atoms with Gasteiger partial charge < -0.3 is 16.0 Å². The first kappa shape index (κ1) is 18.0. The van der Waals surface area contributed by atoms with E-state index >= 15 is 0 Å². The second-order valence-electron chi connectivity index (χ2n) is 5.65. The first-order valence-electron chi connectivity index (χ1n) is 7.40. The first-order chi connectivity index (χ1) is 11.2. The third kappa shape index (κ3) is 4.56. The van der Waals surface area contributed by atoms with Crippen molar-refractivity contribution in [3.05, 3.63) is 23.3 Å². The smallest absolute Gasteiger partial charge is 0.351 e. The van der Waals surface area contributed by atoms with E-state index in [-0.39, 0.29) is 30.5 Å². The Hall–Kier alpha value is -2.39. The number of hydrogen-bond donors (Lipinski definition) is 2. The number of carbonyl (C=O) groups is 2. The fourth-order valence-electron chi connectivity index (χ4n) is 2.56. The lowest BCUT2D eigenvalue weighted by atomic mass is 9.97. The number of likely N-dealkylation sites (tertiary alicyclic amines) is 1. The number of amides is 3. The number of carbonyl (C=O) groups excluding carboxylic acids is 2. The van der Waals surface area contributed by atoms with E-state index in [9.17, 15) is 22.8 Å². The number of nitrogens with two attached hydrogens (primary N) is 1. The molecule has 3 N–H and O–H groups in total. The molecule has 2 heterocycles. The van der Waals surface area contributed by atoms with Crippen molar-refractivity contribution in [2.24, 2.45) is 11.7 Å². The third-order valence-corrected chi connectivity index (χ3v) is 3.72. The summed E-state index contributed by atoms with van der Waals surface area (Å²) in [6.07, 6.45) is -3.35. The van der Waals surface area contributed by atoms with Crippen LogP contribution in [0.2, 0.25) is 0 Å². The van der Waals surface area contributed by atoms with Gasteiger partial charge in [0.2, 0.25) is 5.91 Å². The second kappa shape index (κ2) is 7.02. The van der Waals surface area contributed by atoms with E-state index < -0.39 is 23.8 Å². The van der Waals surface area contributed by atoms with E-state index in [0.717, 1.165) is 6.07 Å². The second-order valence-corrected chi connectivity index (χ2v) is 5.65. The Balaban J connectivity index is 1.99. The quantitative estimate of drug-likeness (QED) is 0.860. The molecular weight excluding hydrogens is 327 g/mol. The molecule has 1 fully saturated rings. The molecule has 0 aliphatic carbocycles. The SMILES string of the molecule is Cc1cc(C(F)(F)F)nc(CNC(=O)[C@H]2CCCN(C(N)=O)C2)n1. The number of aromatic nitrogens is 2. The summed E-state index contributed by atoms with van der Waals surface area (Å²) < 4.78 is 38.2. The Labute approximate surface area is 136 Å². The number of piperidine rings is 1. The molecule has 1 aliphatic rings. The van der Waals surface area contributed by atoms with Crippen LogP contribution in [0.4, 0.5) is 18.0 Å². The molecule has 1 aliphatic heterocycles. The summed E-state index contributed by atoms with van der Waals surface area (Å²) in [4.78, 5) is 32.0.